The Labute approximate surface area is 109 Å². The maximum Gasteiger partial charge on any atom is 0.155 e. The van der Waals surface area contributed by atoms with Crippen molar-refractivity contribution in [2.24, 2.45) is 0 Å². The van der Waals surface area contributed by atoms with Gasteiger partial charge in [-0.2, -0.15) is 5.10 Å². The molecule has 0 atom stereocenters. The molecule has 18 heavy (non-hydrogen) atoms. The minimum Gasteiger partial charge on any atom is -0.382 e. The molecule has 3 N–H and O–H groups in total. The topological polar surface area (TPSA) is 67.6 Å². The quantitative estimate of drug-likeness (QED) is 0.758. The van der Waals surface area contributed by atoms with E-state index in [9.17, 15) is 0 Å². The third-order valence-electron chi connectivity index (χ3n) is 2.88. The van der Waals surface area contributed by atoms with Crippen molar-refractivity contribution in [3.63, 3.8) is 0 Å². The van der Waals surface area contributed by atoms with E-state index in [1.807, 2.05) is 18.2 Å². The van der Waals surface area contributed by atoms with Crippen molar-refractivity contribution in [1.82, 2.24) is 15.2 Å². The van der Waals surface area contributed by atoms with E-state index in [4.69, 9.17) is 5.73 Å². The molecule has 0 amide bonds. The van der Waals surface area contributed by atoms with E-state index < -0.39 is 0 Å². The number of fused-ring (bicyclic) bond motifs is 1. The zero-order chi connectivity index (χ0) is 12.5. The molecule has 3 aromatic rings. The zero-order valence-corrected chi connectivity index (χ0v) is 10.9. The molecule has 0 bridgehead atoms. The number of hydrogen-bond donors (Lipinski definition) is 2. The normalized spacial score (nSPS) is 11.2. The Morgan fingerprint density at radius 2 is 2.17 bits per heavy atom. The van der Waals surface area contributed by atoms with Gasteiger partial charge in [-0.25, -0.2) is 4.98 Å². The lowest BCUT2D eigenvalue weighted by Gasteiger charge is -1.98. The number of anilines is 1. The molecule has 0 fully saturated rings. The number of nitrogens with zero attached hydrogens (tertiary/aromatic N) is 2. The SMILES string of the molecule is CCCc1[nH]nc(N)c1-c1nc2ccccc2s1. The van der Waals surface area contributed by atoms with Crippen molar-refractivity contribution in [1.29, 1.82) is 0 Å². The highest BCUT2D eigenvalue weighted by Gasteiger charge is 2.16. The van der Waals surface area contributed by atoms with E-state index in [2.05, 4.69) is 28.2 Å². The van der Waals surface area contributed by atoms with Crippen molar-refractivity contribution in [3.05, 3.63) is 30.0 Å². The van der Waals surface area contributed by atoms with Crippen LogP contribution in [-0.2, 0) is 6.42 Å². The molecule has 1 aromatic carbocycles. The van der Waals surface area contributed by atoms with Gasteiger partial charge < -0.3 is 5.73 Å². The van der Waals surface area contributed by atoms with Crippen LogP contribution in [0.4, 0.5) is 5.82 Å². The van der Waals surface area contributed by atoms with Crippen LogP contribution in [-0.4, -0.2) is 15.2 Å². The minimum atomic E-state index is 0.539. The van der Waals surface area contributed by atoms with E-state index >= 15 is 0 Å². The fourth-order valence-electron chi connectivity index (χ4n) is 2.04. The summed E-state index contributed by atoms with van der Waals surface area (Å²) >= 11 is 1.66. The van der Waals surface area contributed by atoms with Crippen LogP contribution in [0.25, 0.3) is 20.8 Å². The number of hydrogen-bond acceptors (Lipinski definition) is 4. The number of nitrogens with two attached hydrogens (primary N) is 1. The van der Waals surface area contributed by atoms with Crippen LogP contribution in [0.3, 0.4) is 0 Å². The Balaban J connectivity index is 2.16. The van der Waals surface area contributed by atoms with Crippen molar-refractivity contribution >= 4 is 27.4 Å². The van der Waals surface area contributed by atoms with Gasteiger partial charge in [0.05, 0.1) is 15.8 Å². The molecule has 2 heterocycles. The molecule has 0 saturated heterocycles. The number of thiazole rings is 1. The summed E-state index contributed by atoms with van der Waals surface area (Å²) in [6.45, 7) is 2.14. The first-order valence-electron chi connectivity index (χ1n) is 5.98. The van der Waals surface area contributed by atoms with Crippen LogP contribution in [0.2, 0.25) is 0 Å². The number of aryl methyl sites for hydroxylation is 1. The summed E-state index contributed by atoms with van der Waals surface area (Å²) in [6.07, 6.45) is 2.00. The van der Waals surface area contributed by atoms with Gasteiger partial charge >= 0.3 is 0 Å². The second-order valence-electron chi connectivity index (χ2n) is 4.20. The van der Waals surface area contributed by atoms with Crippen molar-refractivity contribution in [3.8, 4) is 10.6 Å². The third kappa shape index (κ3) is 1.76. The van der Waals surface area contributed by atoms with Gasteiger partial charge in [-0.05, 0) is 18.6 Å². The predicted octanol–water partition coefficient (Wildman–Crippen LogP) is 3.22. The highest BCUT2D eigenvalue weighted by Crippen LogP contribution is 2.34. The summed E-state index contributed by atoms with van der Waals surface area (Å²) < 4.78 is 1.18. The monoisotopic (exact) mass is 258 g/mol. The van der Waals surface area contributed by atoms with Gasteiger partial charge in [0.1, 0.15) is 5.01 Å². The summed E-state index contributed by atoms with van der Waals surface area (Å²) in [4.78, 5) is 4.64. The molecule has 0 aliphatic heterocycles. The second-order valence-corrected chi connectivity index (χ2v) is 5.23. The molecule has 2 aromatic heterocycles. The Bertz CT molecular complexity index is 650. The summed E-state index contributed by atoms with van der Waals surface area (Å²) in [5.41, 5.74) is 9.01. The van der Waals surface area contributed by atoms with Gasteiger partial charge in [-0.15, -0.1) is 11.3 Å². The standard InChI is InChI=1S/C13H14N4S/c1-2-5-9-11(12(14)17-16-9)13-15-8-6-3-4-7-10(8)18-13/h3-4,6-7H,2,5H2,1H3,(H3,14,16,17). The average molecular weight is 258 g/mol. The van der Waals surface area contributed by atoms with Crippen molar-refractivity contribution in [2.45, 2.75) is 19.8 Å². The van der Waals surface area contributed by atoms with Crippen LogP contribution >= 0.6 is 11.3 Å². The second kappa shape index (κ2) is 4.42. The largest absolute Gasteiger partial charge is 0.382 e. The molecule has 0 unspecified atom stereocenters. The number of aromatic amines is 1. The van der Waals surface area contributed by atoms with Crippen molar-refractivity contribution in [2.75, 3.05) is 5.73 Å². The molecule has 4 nitrogen and oxygen atoms in total. The number of benzene rings is 1. The third-order valence-corrected chi connectivity index (χ3v) is 3.93. The summed E-state index contributed by atoms with van der Waals surface area (Å²) in [6, 6.07) is 8.12. The minimum absolute atomic E-state index is 0.539. The van der Waals surface area contributed by atoms with Crippen LogP contribution < -0.4 is 5.73 Å². The molecule has 0 aliphatic carbocycles. The average Bonchev–Trinajstić information content (AvgIpc) is 2.93. The van der Waals surface area contributed by atoms with Gasteiger partial charge in [0.15, 0.2) is 5.82 Å². The van der Waals surface area contributed by atoms with Gasteiger partial charge in [0.25, 0.3) is 0 Å². The van der Waals surface area contributed by atoms with Crippen LogP contribution in [0.15, 0.2) is 24.3 Å². The van der Waals surface area contributed by atoms with Gasteiger partial charge in [0.2, 0.25) is 0 Å². The Morgan fingerprint density at radius 1 is 1.33 bits per heavy atom. The molecular formula is C13H14N4S. The fourth-order valence-corrected chi connectivity index (χ4v) is 3.09. The molecule has 0 radical (unpaired) electrons. The van der Waals surface area contributed by atoms with E-state index in [-0.39, 0.29) is 0 Å². The van der Waals surface area contributed by atoms with E-state index in [0.717, 1.165) is 34.6 Å². The van der Waals surface area contributed by atoms with Crippen LogP contribution in [0.5, 0.6) is 0 Å². The van der Waals surface area contributed by atoms with E-state index in [0.29, 0.717) is 5.82 Å². The lowest BCUT2D eigenvalue weighted by Crippen LogP contribution is -1.90. The smallest absolute Gasteiger partial charge is 0.155 e. The van der Waals surface area contributed by atoms with Gasteiger partial charge in [0, 0.05) is 5.69 Å². The number of rotatable bonds is 3. The molecule has 3 rings (SSSR count). The van der Waals surface area contributed by atoms with Crippen LogP contribution in [0.1, 0.15) is 19.0 Å². The van der Waals surface area contributed by atoms with Crippen molar-refractivity contribution < 1.29 is 0 Å². The summed E-state index contributed by atoms with van der Waals surface area (Å²) in [5.74, 6) is 0.539. The Kier molecular flexibility index (Phi) is 2.76. The predicted molar refractivity (Wildman–Crippen MR) is 75.6 cm³/mol. The van der Waals surface area contributed by atoms with Gasteiger partial charge in [-0.3, -0.25) is 5.10 Å². The maximum atomic E-state index is 5.95. The Morgan fingerprint density at radius 3 is 2.94 bits per heavy atom. The molecule has 92 valence electrons. The lowest BCUT2D eigenvalue weighted by molar-refractivity contribution is 0.869. The molecule has 5 heteroatoms. The Hall–Kier alpha value is -1.88. The van der Waals surface area contributed by atoms with E-state index in [1.54, 1.807) is 11.3 Å². The number of nitrogens with one attached hydrogen (secondary N) is 1. The summed E-state index contributed by atoms with van der Waals surface area (Å²) in [5, 5.41) is 8.06. The number of para-hydroxylation sites is 1. The zero-order valence-electron chi connectivity index (χ0n) is 10.1. The highest BCUT2D eigenvalue weighted by molar-refractivity contribution is 7.21. The first kappa shape index (κ1) is 11.2. The van der Waals surface area contributed by atoms with E-state index in [1.165, 1.54) is 4.70 Å². The summed E-state index contributed by atoms with van der Waals surface area (Å²) in [7, 11) is 0. The lowest BCUT2D eigenvalue weighted by atomic mass is 10.1. The number of nitrogen functional groups attached to an aromatic ring is 1. The molecule has 0 saturated carbocycles. The molecule has 0 aliphatic rings. The highest BCUT2D eigenvalue weighted by atomic mass is 32.1. The van der Waals surface area contributed by atoms with Crippen LogP contribution in [0, 0.1) is 0 Å². The first-order chi connectivity index (χ1) is 8.79. The maximum absolute atomic E-state index is 5.95. The molecule has 0 spiro atoms. The number of H-pyrrole nitrogens is 1. The first-order valence-corrected chi connectivity index (χ1v) is 6.80. The molecular weight excluding hydrogens is 244 g/mol. The fraction of sp³-hybridized carbons (Fsp3) is 0.231. The van der Waals surface area contributed by atoms with Gasteiger partial charge in [-0.1, -0.05) is 25.5 Å². The number of aromatic nitrogens is 3.